The van der Waals surface area contributed by atoms with Gasteiger partial charge in [-0.15, -0.1) is 0 Å². The Morgan fingerprint density at radius 2 is 0.722 bits per heavy atom. The molecular formula is C48H86O6. The van der Waals surface area contributed by atoms with E-state index >= 15 is 0 Å². The normalized spacial score (nSPS) is 12.3. The maximum absolute atomic E-state index is 12.7. The number of hydrogen-bond donors (Lipinski definition) is 0. The highest BCUT2D eigenvalue weighted by Crippen LogP contribution is 2.14. The predicted octanol–water partition coefficient (Wildman–Crippen LogP) is 14.6. The summed E-state index contributed by atoms with van der Waals surface area (Å²) in [6.07, 6.45) is 48.3. The second kappa shape index (κ2) is 43.4. The van der Waals surface area contributed by atoms with E-state index in [2.05, 4.69) is 57.2 Å². The lowest BCUT2D eigenvalue weighted by molar-refractivity contribution is -0.167. The minimum absolute atomic E-state index is 0.0792. The first-order valence-electron chi connectivity index (χ1n) is 23.0. The van der Waals surface area contributed by atoms with E-state index in [1.807, 2.05) is 0 Å². The van der Waals surface area contributed by atoms with Gasteiger partial charge in [-0.2, -0.15) is 0 Å². The average Bonchev–Trinajstić information content (AvgIpc) is 3.17. The zero-order valence-electron chi connectivity index (χ0n) is 35.7. The standard InChI is InChI=1S/C48H86O6/c1-4-7-10-13-16-19-22-24-27-29-32-35-38-41-47(50)53-44-45(43-52-46(49)40-37-34-31-28-25-21-18-15-12-9-6-3)54-48(51)42-39-36-33-30-26-23-20-17-14-11-8-5-2/h10,13,15,18-19,22,45H,4-9,11-12,14,16-17,20-21,23-44H2,1-3H3/b13-10-,18-15-,22-19-. The van der Waals surface area contributed by atoms with Gasteiger partial charge in [0, 0.05) is 19.3 Å². The van der Waals surface area contributed by atoms with Crippen LogP contribution in [-0.4, -0.2) is 37.2 Å². The highest BCUT2D eigenvalue weighted by molar-refractivity contribution is 5.71. The van der Waals surface area contributed by atoms with Crippen LogP contribution in [0.1, 0.15) is 233 Å². The topological polar surface area (TPSA) is 78.9 Å². The second-order valence-corrected chi connectivity index (χ2v) is 15.3. The summed E-state index contributed by atoms with van der Waals surface area (Å²) in [5, 5.41) is 0. The molecule has 0 radical (unpaired) electrons. The Labute approximate surface area is 334 Å². The van der Waals surface area contributed by atoms with Crippen molar-refractivity contribution in [3.05, 3.63) is 36.5 Å². The number of rotatable bonds is 41. The smallest absolute Gasteiger partial charge is 0.306 e. The van der Waals surface area contributed by atoms with Crippen LogP contribution < -0.4 is 0 Å². The fourth-order valence-electron chi connectivity index (χ4n) is 6.34. The van der Waals surface area contributed by atoms with Crippen LogP contribution >= 0.6 is 0 Å². The third-order valence-electron chi connectivity index (χ3n) is 9.85. The summed E-state index contributed by atoms with van der Waals surface area (Å²) >= 11 is 0. The highest BCUT2D eigenvalue weighted by atomic mass is 16.6. The molecule has 0 fully saturated rings. The Bertz CT molecular complexity index is 922. The number of carbonyl (C=O) groups is 3. The van der Waals surface area contributed by atoms with Gasteiger partial charge < -0.3 is 14.2 Å². The van der Waals surface area contributed by atoms with Crippen molar-refractivity contribution < 1.29 is 28.6 Å². The van der Waals surface area contributed by atoms with Gasteiger partial charge in [-0.25, -0.2) is 0 Å². The molecule has 314 valence electrons. The van der Waals surface area contributed by atoms with Crippen LogP contribution in [0.3, 0.4) is 0 Å². The number of carbonyl (C=O) groups excluding carboxylic acids is 3. The Morgan fingerprint density at radius 3 is 1.17 bits per heavy atom. The van der Waals surface area contributed by atoms with Crippen LogP contribution in [0.25, 0.3) is 0 Å². The van der Waals surface area contributed by atoms with Gasteiger partial charge in [-0.1, -0.05) is 186 Å². The van der Waals surface area contributed by atoms with Gasteiger partial charge >= 0.3 is 17.9 Å². The van der Waals surface area contributed by atoms with Crippen molar-refractivity contribution in [1.29, 1.82) is 0 Å². The minimum Gasteiger partial charge on any atom is -0.462 e. The Hall–Kier alpha value is -2.37. The molecule has 0 spiro atoms. The van der Waals surface area contributed by atoms with Gasteiger partial charge in [0.1, 0.15) is 13.2 Å². The molecule has 0 rings (SSSR count). The van der Waals surface area contributed by atoms with E-state index < -0.39 is 6.10 Å². The van der Waals surface area contributed by atoms with E-state index in [4.69, 9.17) is 14.2 Å². The number of allylic oxidation sites excluding steroid dienone is 6. The maximum Gasteiger partial charge on any atom is 0.306 e. The quantitative estimate of drug-likeness (QED) is 0.0267. The molecule has 0 aliphatic rings. The lowest BCUT2D eigenvalue weighted by atomic mass is 10.0. The number of hydrogen-bond acceptors (Lipinski definition) is 6. The summed E-state index contributed by atoms with van der Waals surface area (Å²) in [5.74, 6) is -0.900. The number of ether oxygens (including phenoxy) is 3. The average molecular weight is 759 g/mol. The largest absolute Gasteiger partial charge is 0.462 e. The van der Waals surface area contributed by atoms with Gasteiger partial charge in [-0.3, -0.25) is 14.4 Å². The molecule has 0 aliphatic heterocycles. The summed E-state index contributed by atoms with van der Waals surface area (Å²) in [4.78, 5) is 37.7. The van der Waals surface area contributed by atoms with Crippen molar-refractivity contribution >= 4 is 17.9 Å². The summed E-state index contributed by atoms with van der Waals surface area (Å²) in [7, 11) is 0. The fraction of sp³-hybridized carbons (Fsp3) is 0.812. The molecule has 1 unspecified atom stereocenters. The third kappa shape index (κ3) is 40.8. The molecule has 0 N–H and O–H groups in total. The van der Waals surface area contributed by atoms with E-state index in [0.29, 0.717) is 19.3 Å². The zero-order chi connectivity index (χ0) is 39.4. The van der Waals surface area contributed by atoms with Crippen molar-refractivity contribution in [3.63, 3.8) is 0 Å². The van der Waals surface area contributed by atoms with Crippen molar-refractivity contribution in [3.8, 4) is 0 Å². The van der Waals surface area contributed by atoms with E-state index in [0.717, 1.165) is 89.9 Å². The van der Waals surface area contributed by atoms with Crippen LogP contribution in [0, 0.1) is 0 Å². The number of unbranched alkanes of at least 4 members (excludes halogenated alkanes) is 24. The third-order valence-corrected chi connectivity index (χ3v) is 9.85. The molecule has 1 atom stereocenters. The summed E-state index contributed by atoms with van der Waals surface area (Å²) < 4.78 is 16.7. The van der Waals surface area contributed by atoms with Crippen LogP contribution in [0.2, 0.25) is 0 Å². The summed E-state index contributed by atoms with van der Waals surface area (Å²) in [6.45, 7) is 6.51. The van der Waals surface area contributed by atoms with Gasteiger partial charge in [0.2, 0.25) is 0 Å². The minimum atomic E-state index is -0.775. The van der Waals surface area contributed by atoms with Gasteiger partial charge in [0.15, 0.2) is 6.10 Å². The van der Waals surface area contributed by atoms with Crippen LogP contribution in [-0.2, 0) is 28.6 Å². The van der Waals surface area contributed by atoms with Crippen molar-refractivity contribution in [2.45, 2.75) is 239 Å². The molecule has 54 heavy (non-hydrogen) atoms. The highest BCUT2D eigenvalue weighted by Gasteiger charge is 2.19. The molecule has 0 aromatic carbocycles. The molecule has 0 aliphatic carbocycles. The van der Waals surface area contributed by atoms with E-state index in [-0.39, 0.29) is 31.1 Å². The monoisotopic (exact) mass is 759 g/mol. The molecule has 6 heteroatoms. The first kappa shape index (κ1) is 51.6. The molecule has 0 saturated carbocycles. The molecule has 0 heterocycles. The summed E-state index contributed by atoms with van der Waals surface area (Å²) in [5.41, 5.74) is 0. The SMILES string of the molecule is CCC/C=C\C/C=C\CCCCCCCC(=O)OCC(COC(=O)CCCCCCC/C=C\CCCC)OC(=O)CCCCCCCCCCCCCC. The molecule has 0 aromatic heterocycles. The van der Waals surface area contributed by atoms with Crippen molar-refractivity contribution in [2.75, 3.05) is 13.2 Å². The van der Waals surface area contributed by atoms with Crippen molar-refractivity contribution in [1.82, 2.24) is 0 Å². The van der Waals surface area contributed by atoms with Crippen LogP contribution in [0.4, 0.5) is 0 Å². The van der Waals surface area contributed by atoms with Gasteiger partial charge in [-0.05, 0) is 64.2 Å². The second-order valence-electron chi connectivity index (χ2n) is 15.3. The van der Waals surface area contributed by atoms with E-state index in [1.54, 1.807) is 0 Å². The van der Waals surface area contributed by atoms with Crippen molar-refractivity contribution in [2.24, 2.45) is 0 Å². The Kier molecular flexibility index (Phi) is 41.5. The lowest BCUT2D eigenvalue weighted by Gasteiger charge is -2.18. The molecular weight excluding hydrogens is 673 g/mol. The van der Waals surface area contributed by atoms with E-state index in [1.165, 1.54) is 103 Å². The van der Waals surface area contributed by atoms with E-state index in [9.17, 15) is 14.4 Å². The Balaban J connectivity index is 4.39. The molecule has 0 saturated heterocycles. The maximum atomic E-state index is 12.7. The summed E-state index contributed by atoms with van der Waals surface area (Å²) in [6, 6.07) is 0. The lowest BCUT2D eigenvalue weighted by Crippen LogP contribution is -2.30. The predicted molar refractivity (Wildman–Crippen MR) is 229 cm³/mol. The Morgan fingerprint density at radius 1 is 0.370 bits per heavy atom. The molecule has 0 aromatic rings. The fourth-order valence-corrected chi connectivity index (χ4v) is 6.34. The van der Waals surface area contributed by atoms with Crippen LogP contribution in [0.5, 0.6) is 0 Å². The van der Waals surface area contributed by atoms with Crippen LogP contribution in [0.15, 0.2) is 36.5 Å². The zero-order valence-corrected chi connectivity index (χ0v) is 35.7. The molecule has 0 bridgehead atoms. The first-order chi connectivity index (χ1) is 26.5. The number of esters is 3. The molecule has 6 nitrogen and oxygen atoms in total. The van der Waals surface area contributed by atoms with Gasteiger partial charge in [0.05, 0.1) is 0 Å². The molecule has 0 amide bonds. The first-order valence-corrected chi connectivity index (χ1v) is 23.0. The van der Waals surface area contributed by atoms with Gasteiger partial charge in [0.25, 0.3) is 0 Å².